The maximum atomic E-state index is 13.4. The minimum atomic E-state index is -0.566. The van der Waals surface area contributed by atoms with E-state index < -0.39 is 17.5 Å². The Hall–Kier alpha value is -2.43. The highest BCUT2D eigenvalue weighted by atomic mass is 19.1. The number of nitrogens with two attached hydrogens (primary N) is 1. The molecule has 20 heavy (non-hydrogen) atoms. The Balaban J connectivity index is 2.10. The van der Waals surface area contributed by atoms with Crippen LogP contribution in [0.1, 0.15) is 21.5 Å². The number of anilines is 1. The van der Waals surface area contributed by atoms with Gasteiger partial charge in [-0.25, -0.2) is 8.78 Å². The predicted octanol–water partition coefficient (Wildman–Crippen LogP) is 2.79. The molecule has 0 saturated heterocycles. The second kappa shape index (κ2) is 5.69. The molecule has 0 aromatic heterocycles. The van der Waals surface area contributed by atoms with Crippen LogP contribution in [0.25, 0.3) is 0 Å². The van der Waals surface area contributed by atoms with Crippen LogP contribution in [0.15, 0.2) is 36.4 Å². The molecule has 0 heterocycles. The number of carbonyl (C=O) groups is 1. The quantitative estimate of drug-likeness (QED) is 0.847. The first-order valence-electron chi connectivity index (χ1n) is 6.05. The highest BCUT2D eigenvalue weighted by molar-refractivity contribution is 5.99. The lowest BCUT2D eigenvalue weighted by Crippen LogP contribution is -2.24. The van der Waals surface area contributed by atoms with E-state index in [1.807, 2.05) is 6.92 Å². The van der Waals surface area contributed by atoms with E-state index in [1.165, 1.54) is 0 Å². The fraction of sp³-hybridized carbons (Fsp3) is 0.133. The number of nitrogens with one attached hydrogen (secondary N) is 1. The predicted molar refractivity (Wildman–Crippen MR) is 73.1 cm³/mol. The van der Waals surface area contributed by atoms with Crippen LogP contribution in [0, 0.1) is 18.6 Å². The fourth-order valence-corrected chi connectivity index (χ4v) is 1.84. The Kier molecular flexibility index (Phi) is 3.98. The highest BCUT2D eigenvalue weighted by Crippen LogP contribution is 2.14. The molecule has 0 spiro atoms. The number of hydrogen-bond acceptors (Lipinski definition) is 2. The fourth-order valence-electron chi connectivity index (χ4n) is 1.84. The number of rotatable bonds is 3. The Labute approximate surface area is 115 Å². The molecule has 0 aliphatic carbocycles. The average molecular weight is 276 g/mol. The van der Waals surface area contributed by atoms with Crippen molar-refractivity contribution in [2.24, 2.45) is 0 Å². The van der Waals surface area contributed by atoms with E-state index in [4.69, 9.17) is 5.73 Å². The lowest BCUT2D eigenvalue weighted by atomic mass is 10.1. The maximum Gasteiger partial charge on any atom is 0.253 e. The van der Waals surface area contributed by atoms with Crippen LogP contribution < -0.4 is 11.1 Å². The van der Waals surface area contributed by atoms with E-state index in [0.717, 1.165) is 23.8 Å². The van der Waals surface area contributed by atoms with Gasteiger partial charge in [-0.3, -0.25) is 4.79 Å². The molecular formula is C15H14F2N2O. The maximum absolute atomic E-state index is 13.4. The summed E-state index contributed by atoms with van der Waals surface area (Å²) in [7, 11) is 0. The summed E-state index contributed by atoms with van der Waals surface area (Å²) in [4.78, 5) is 11.9. The molecule has 0 fully saturated rings. The van der Waals surface area contributed by atoms with Gasteiger partial charge in [0.2, 0.25) is 0 Å². The third-order valence-electron chi connectivity index (χ3n) is 2.90. The molecule has 0 aliphatic rings. The van der Waals surface area contributed by atoms with Gasteiger partial charge in [-0.2, -0.15) is 0 Å². The average Bonchev–Trinajstić information content (AvgIpc) is 2.39. The Bertz CT molecular complexity index is 656. The molecule has 2 aromatic rings. The van der Waals surface area contributed by atoms with Gasteiger partial charge in [0.25, 0.3) is 5.91 Å². The monoisotopic (exact) mass is 276 g/mol. The van der Waals surface area contributed by atoms with Gasteiger partial charge < -0.3 is 11.1 Å². The van der Waals surface area contributed by atoms with Crippen molar-refractivity contribution in [3.05, 3.63) is 64.7 Å². The molecule has 0 radical (unpaired) electrons. The molecule has 104 valence electrons. The van der Waals surface area contributed by atoms with Crippen LogP contribution in [-0.2, 0) is 6.54 Å². The summed E-state index contributed by atoms with van der Waals surface area (Å²) in [5.74, 6) is -1.54. The van der Waals surface area contributed by atoms with Crippen molar-refractivity contribution in [1.82, 2.24) is 5.32 Å². The van der Waals surface area contributed by atoms with E-state index >= 15 is 0 Å². The number of benzene rings is 2. The van der Waals surface area contributed by atoms with Crippen molar-refractivity contribution in [1.29, 1.82) is 0 Å². The van der Waals surface area contributed by atoms with Gasteiger partial charge in [0.05, 0.1) is 5.56 Å². The van der Waals surface area contributed by atoms with E-state index in [1.54, 1.807) is 18.2 Å². The third kappa shape index (κ3) is 3.12. The summed E-state index contributed by atoms with van der Waals surface area (Å²) in [6.07, 6.45) is 0. The summed E-state index contributed by atoms with van der Waals surface area (Å²) >= 11 is 0. The van der Waals surface area contributed by atoms with Crippen molar-refractivity contribution in [2.75, 3.05) is 5.73 Å². The first-order chi connectivity index (χ1) is 9.47. The summed E-state index contributed by atoms with van der Waals surface area (Å²) in [5, 5.41) is 2.52. The lowest BCUT2D eigenvalue weighted by Gasteiger charge is -2.09. The van der Waals surface area contributed by atoms with Crippen LogP contribution >= 0.6 is 0 Å². The summed E-state index contributed by atoms with van der Waals surface area (Å²) < 4.78 is 26.4. The molecule has 2 aromatic carbocycles. The van der Waals surface area contributed by atoms with E-state index in [0.29, 0.717) is 11.3 Å². The van der Waals surface area contributed by atoms with Crippen molar-refractivity contribution in [3.63, 3.8) is 0 Å². The van der Waals surface area contributed by atoms with E-state index in [2.05, 4.69) is 5.32 Å². The number of carbonyl (C=O) groups excluding carboxylic acids is 1. The molecule has 2 rings (SSSR count). The SMILES string of the molecule is Cc1ccc(C(=O)NCc2cc(F)ccc2F)c(N)c1. The normalized spacial score (nSPS) is 10.3. The molecular weight excluding hydrogens is 262 g/mol. The minimum Gasteiger partial charge on any atom is -0.398 e. The van der Waals surface area contributed by atoms with Crippen molar-refractivity contribution >= 4 is 11.6 Å². The zero-order valence-electron chi connectivity index (χ0n) is 10.9. The van der Waals surface area contributed by atoms with Crippen LogP contribution in [-0.4, -0.2) is 5.91 Å². The van der Waals surface area contributed by atoms with Crippen molar-refractivity contribution in [3.8, 4) is 0 Å². The lowest BCUT2D eigenvalue weighted by molar-refractivity contribution is 0.0951. The topological polar surface area (TPSA) is 55.1 Å². The van der Waals surface area contributed by atoms with Crippen molar-refractivity contribution in [2.45, 2.75) is 13.5 Å². The van der Waals surface area contributed by atoms with Gasteiger partial charge in [-0.05, 0) is 42.8 Å². The molecule has 5 heteroatoms. The molecule has 0 unspecified atom stereocenters. The highest BCUT2D eigenvalue weighted by Gasteiger charge is 2.11. The zero-order chi connectivity index (χ0) is 14.7. The number of aryl methyl sites for hydroxylation is 1. The summed E-state index contributed by atoms with van der Waals surface area (Å²) in [5.41, 5.74) is 7.44. The second-order valence-electron chi connectivity index (χ2n) is 4.51. The Morgan fingerprint density at radius 1 is 1.20 bits per heavy atom. The first kappa shape index (κ1) is 14.0. The Morgan fingerprint density at radius 3 is 2.65 bits per heavy atom. The minimum absolute atomic E-state index is 0.0871. The van der Waals surface area contributed by atoms with Crippen LogP contribution in [0.4, 0.5) is 14.5 Å². The van der Waals surface area contributed by atoms with Gasteiger partial charge in [-0.1, -0.05) is 6.07 Å². The molecule has 0 aliphatic heterocycles. The summed E-state index contributed by atoms with van der Waals surface area (Å²) in [6, 6.07) is 8.14. The molecule has 1 amide bonds. The molecule has 0 bridgehead atoms. The van der Waals surface area contributed by atoms with Gasteiger partial charge in [0, 0.05) is 17.8 Å². The van der Waals surface area contributed by atoms with Crippen LogP contribution in [0.3, 0.4) is 0 Å². The van der Waals surface area contributed by atoms with Gasteiger partial charge in [0.15, 0.2) is 0 Å². The van der Waals surface area contributed by atoms with Gasteiger partial charge >= 0.3 is 0 Å². The zero-order valence-corrected chi connectivity index (χ0v) is 10.9. The summed E-state index contributed by atoms with van der Waals surface area (Å²) in [6.45, 7) is 1.76. The Morgan fingerprint density at radius 2 is 1.95 bits per heavy atom. The van der Waals surface area contributed by atoms with E-state index in [-0.39, 0.29) is 12.1 Å². The largest absolute Gasteiger partial charge is 0.398 e. The smallest absolute Gasteiger partial charge is 0.253 e. The number of hydrogen-bond donors (Lipinski definition) is 2. The molecule has 0 atom stereocenters. The van der Waals surface area contributed by atoms with Crippen LogP contribution in [0.5, 0.6) is 0 Å². The van der Waals surface area contributed by atoms with Crippen LogP contribution in [0.2, 0.25) is 0 Å². The third-order valence-corrected chi connectivity index (χ3v) is 2.90. The van der Waals surface area contributed by atoms with Crippen molar-refractivity contribution < 1.29 is 13.6 Å². The van der Waals surface area contributed by atoms with Gasteiger partial charge in [-0.15, -0.1) is 0 Å². The standard InChI is InChI=1S/C15H14F2N2O/c1-9-2-4-12(14(18)6-9)15(20)19-8-10-7-11(16)3-5-13(10)17/h2-7H,8,18H2,1H3,(H,19,20). The number of nitrogen functional groups attached to an aromatic ring is 1. The molecule has 3 N–H and O–H groups in total. The second-order valence-corrected chi connectivity index (χ2v) is 4.51. The molecule has 3 nitrogen and oxygen atoms in total. The first-order valence-corrected chi connectivity index (χ1v) is 6.05. The number of halogens is 2. The molecule has 0 saturated carbocycles. The number of amides is 1. The van der Waals surface area contributed by atoms with Gasteiger partial charge in [0.1, 0.15) is 11.6 Å². The van der Waals surface area contributed by atoms with E-state index in [9.17, 15) is 13.6 Å².